The summed E-state index contributed by atoms with van der Waals surface area (Å²) in [6.07, 6.45) is 8.73. The van der Waals surface area contributed by atoms with Gasteiger partial charge in [0.25, 0.3) is 0 Å². The Balaban J connectivity index is 0.000000387. The van der Waals surface area contributed by atoms with Crippen LogP contribution >= 0.6 is 0 Å². The zero-order chi connectivity index (χ0) is 19.8. The van der Waals surface area contributed by atoms with Crippen molar-refractivity contribution in [2.75, 3.05) is 20.2 Å². The van der Waals surface area contributed by atoms with Gasteiger partial charge < -0.3 is 14.4 Å². The molecule has 1 heterocycles. The third-order valence-electron chi connectivity index (χ3n) is 4.85. The molecule has 0 aliphatic carbocycles. The van der Waals surface area contributed by atoms with Crippen LogP contribution in [0, 0.1) is 0 Å². The van der Waals surface area contributed by atoms with Crippen molar-refractivity contribution < 1.29 is 9.53 Å². The fourth-order valence-corrected chi connectivity index (χ4v) is 2.68. The maximum Gasteiger partial charge on any atom is 0.129 e. The highest BCUT2D eigenvalue weighted by molar-refractivity contribution is 5.74. The van der Waals surface area contributed by atoms with Crippen LogP contribution in [-0.2, 0) is 11.2 Å². The van der Waals surface area contributed by atoms with Crippen molar-refractivity contribution in [3.8, 4) is 5.75 Å². The van der Waals surface area contributed by atoms with Crippen molar-refractivity contribution in [2.24, 2.45) is 0 Å². The number of likely N-dealkylation sites (tertiary alicyclic amines) is 1. The monoisotopic (exact) mass is 363 g/mol. The summed E-state index contributed by atoms with van der Waals surface area (Å²) in [5, 5.41) is 0. The highest BCUT2D eigenvalue weighted by Crippen LogP contribution is 2.20. The first-order valence-corrected chi connectivity index (χ1v) is 10.4. The van der Waals surface area contributed by atoms with Gasteiger partial charge in [-0.15, -0.1) is 0 Å². The predicted octanol–water partition coefficient (Wildman–Crippen LogP) is 5.90. The molecule has 150 valence electrons. The van der Waals surface area contributed by atoms with Crippen LogP contribution in [0.3, 0.4) is 0 Å². The van der Waals surface area contributed by atoms with Gasteiger partial charge in [-0.05, 0) is 63.4 Å². The van der Waals surface area contributed by atoms with Crippen molar-refractivity contribution >= 4 is 5.78 Å². The molecule has 0 amide bonds. The number of carbonyl (C=O) groups excluding carboxylic acids is 1. The van der Waals surface area contributed by atoms with Crippen molar-refractivity contribution in [3.05, 3.63) is 29.8 Å². The molecule has 0 radical (unpaired) electrons. The fraction of sp³-hybridized carbons (Fsp3) is 0.696. The zero-order valence-corrected chi connectivity index (χ0v) is 18.0. The first-order valence-electron chi connectivity index (χ1n) is 10.4. The number of ether oxygens (including phenoxy) is 1. The van der Waals surface area contributed by atoms with Crippen molar-refractivity contribution in [1.29, 1.82) is 0 Å². The molecule has 0 spiro atoms. The molecule has 1 aliphatic heterocycles. The normalized spacial score (nSPS) is 15.7. The highest BCUT2D eigenvalue weighted by Gasteiger charge is 2.24. The Hall–Kier alpha value is -1.35. The van der Waals surface area contributed by atoms with Crippen LogP contribution in [0.25, 0.3) is 0 Å². The number of aryl methyl sites for hydroxylation is 1. The molecule has 2 rings (SSSR count). The van der Waals surface area contributed by atoms with E-state index in [0.717, 1.165) is 18.2 Å². The lowest BCUT2D eigenvalue weighted by atomic mass is 10.00. The summed E-state index contributed by atoms with van der Waals surface area (Å²) in [5.41, 5.74) is 1.35. The molecule has 1 aromatic rings. The standard InChI is InChI=1S/C10H21N.C9H12O.C4H8O/c1-3-5-6-8-11-9-7-10(11)4-2;1-3-8-4-6-9(10-2)7-5-8;1-3-4(2)5/h10H,3-9H2,1-2H3;4-7H,3H2,1-2H3;3H2,1-2H3/t10-;;/m0../s1. The van der Waals surface area contributed by atoms with Crippen LogP contribution in [0.2, 0.25) is 0 Å². The maximum atomic E-state index is 9.81. The SMILES string of the molecule is CCC(C)=O.CCCCCN1CC[C@@H]1CC.CCc1ccc(OC)cc1. The molecule has 1 saturated heterocycles. The van der Waals surface area contributed by atoms with Gasteiger partial charge in [0.05, 0.1) is 7.11 Å². The average Bonchev–Trinajstić information content (AvgIpc) is 2.65. The minimum Gasteiger partial charge on any atom is -0.497 e. The van der Waals surface area contributed by atoms with Gasteiger partial charge in [0.2, 0.25) is 0 Å². The topological polar surface area (TPSA) is 29.5 Å². The molecule has 0 unspecified atom stereocenters. The van der Waals surface area contributed by atoms with E-state index in [2.05, 4.69) is 37.8 Å². The van der Waals surface area contributed by atoms with Gasteiger partial charge in [-0.2, -0.15) is 0 Å². The first-order chi connectivity index (χ1) is 12.5. The second-order valence-electron chi connectivity index (χ2n) is 6.85. The van der Waals surface area contributed by atoms with Gasteiger partial charge in [-0.1, -0.05) is 52.7 Å². The highest BCUT2D eigenvalue weighted by atomic mass is 16.5. The van der Waals surface area contributed by atoms with Gasteiger partial charge in [-0.3, -0.25) is 0 Å². The Morgan fingerprint density at radius 2 is 1.73 bits per heavy atom. The number of benzene rings is 1. The van der Waals surface area contributed by atoms with E-state index in [-0.39, 0.29) is 5.78 Å². The summed E-state index contributed by atoms with van der Waals surface area (Å²) in [4.78, 5) is 12.4. The number of rotatable bonds is 8. The Labute approximate surface area is 162 Å². The van der Waals surface area contributed by atoms with Crippen LogP contribution in [0.4, 0.5) is 0 Å². The molecule has 0 saturated carbocycles. The Morgan fingerprint density at radius 3 is 2.08 bits per heavy atom. The summed E-state index contributed by atoms with van der Waals surface area (Å²) in [7, 11) is 1.68. The molecule has 0 aromatic heterocycles. The number of hydrogen-bond acceptors (Lipinski definition) is 3. The number of carbonyl (C=O) groups is 1. The minimum atomic E-state index is 0.255. The average molecular weight is 364 g/mol. The summed E-state index contributed by atoms with van der Waals surface area (Å²) in [6, 6.07) is 9.07. The van der Waals surface area contributed by atoms with E-state index < -0.39 is 0 Å². The van der Waals surface area contributed by atoms with Crippen LogP contribution < -0.4 is 4.74 Å². The number of unbranched alkanes of at least 4 members (excludes halogenated alkanes) is 2. The first kappa shape index (κ1) is 24.7. The number of methoxy groups -OCH3 is 1. The smallest absolute Gasteiger partial charge is 0.129 e. The lowest BCUT2D eigenvalue weighted by Gasteiger charge is -2.40. The van der Waals surface area contributed by atoms with Gasteiger partial charge in [0.1, 0.15) is 11.5 Å². The second kappa shape index (κ2) is 15.9. The largest absolute Gasteiger partial charge is 0.497 e. The number of ketones is 1. The molecule has 0 bridgehead atoms. The second-order valence-corrected chi connectivity index (χ2v) is 6.85. The number of hydrogen-bond donors (Lipinski definition) is 0. The molecule has 1 atom stereocenters. The lowest BCUT2D eigenvalue weighted by molar-refractivity contribution is -0.116. The molecular formula is C23H41NO2. The molecule has 1 aromatic carbocycles. The minimum absolute atomic E-state index is 0.255. The van der Waals surface area contributed by atoms with E-state index in [4.69, 9.17) is 4.74 Å². The van der Waals surface area contributed by atoms with E-state index in [1.54, 1.807) is 14.0 Å². The van der Waals surface area contributed by atoms with E-state index in [1.165, 1.54) is 50.8 Å². The summed E-state index contributed by atoms with van der Waals surface area (Å²) in [6.45, 7) is 12.9. The predicted molar refractivity (Wildman–Crippen MR) is 113 cm³/mol. The Bertz CT molecular complexity index is 431. The number of nitrogens with zero attached hydrogens (tertiary/aromatic N) is 1. The van der Waals surface area contributed by atoms with Crippen LogP contribution in [0.15, 0.2) is 24.3 Å². The van der Waals surface area contributed by atoms with E-state index >= 15 is 0 Å². The Morgan fingerprint density at radius 1 is 1.12 bits per heavy atom. The fourth-order valence-electron chi connectivity index (χ4n) is 2.68. The van der Waals surface area contributed by atoms with Crippen LogP contribution in [0.1, 0.15) is 78.7 Å². The lowest BCUT2D eigenvalue weighted by Crippen LogP contribution is -2.47. The van der Waals surface area contributed by atoms with Crippen molar-refractivity contribution in [1.82, 2.24) is 4.90 Å². The zero-order valence-electron chi connectivity index (χ0n) is 18.0. The Kier molecular flexibility index (Phi) is 15.0. The van der Waals surface area contributed by atoms with E-state index in [0.29, 0.717) is 6.42 Å². The van der Waals surface area contributed by atoms with Gasteiger partial charge in [0, 0.05) is 12.5 Å². The molecule has 0 N–H and O–H groups in total. The summed E-state index contributed by atoms with van der Waals surface area (Å²) < 4.78 is 5.01. The third-order valence-corrected chi connectivity index (χ3v) is 4.85. The van der Waals surface area contributed by atoms with Gasteiger partial charge >= 0.3 is 0 Å². The molecule has 3 heteroatoms. The molecular weight excluding hydrogens is 322 g/mol. The third kappa shape index (κ3) is 11.3. The van der Waals surface area contributed by atoms with Crippen molar-refractivity contribution in [3.63, 3.8) is 0 Å². The molecule has 1 aliphatic rings. The molecule has 1 fully saturated rings. The van der Waals surface area contributed by atoms with E-state index in [1.807, 2.05) is 19.1 Å². The summed E-state index contributed by atoms with van der Waals surface area (Å²) >= 11 is 0. The van der Waals surface area contributed by atoms with Gasteiger partial charge in [-0.25, -0.2) is 0 Å². The van der Waals surface area contributed by atoms with E-state index in [9.17, 15) is 4.79 Å². The molecule has 3 nitrogen and oxygen atoms in total. The summed E-state index contributed by atoms with van der Waals surface area (Å²) in [5.74, 6) is 1.18. The molecule has 26 heavy (non-hydrogen) atoms. The quantitative estimate of drug-likeness (QED) is 0.538. The van der Waals surface area contributed by atoms with Gasteiger partial charge in [0.15, 0.2) is 0 Å². The van der Waals surface area contributed by atoms with Crippen molar-refractivity contribution in [2.45, 2.75) is 85.6 Å². The van der Waals surface area contributed by atoms with Crippen LogP contribution in [-0.4, -0.2) is 36.9 Å². The maximum absolute atomic E-state index is 9.81. The number of Topliss-reactive ketones (excluding diaryl/α,β-unsaturated/α-hetero) is 1. The van der Waals surface area contributed by atoms with Crippen LogP contribution in [0.5, 0.6) is 5.75 Å².